The van der Waals surface area contributed by atoms with E-state index in [9.17, 15) is 5.26 Å². The second-order valence-corrected chi connectivity index (χ2v) is 5.09. The van der Waals surface area contributed by atoms with Crippen LogP contribution in [0.2, 0.25) is 0 Å². The molecule has 0 amide bonds. The number of hydrogen-bond acceptors (Lipinski definition) is 6. The van der Waals surface area contributed by atoms with Crippen molar-refractivity contribution >= 4 is 11.9 Å². The first kappa shape index (κ1) is 15.4. The molecule has 0 aromatic carbocycles. The number of aromatic nitrogens is 2. The van der Waals surface area contributed by atoms with Crippen LogP contribution < -0.4 is 10.6 Å². The van der Waals surface area contributed by atoms with Gasteiger partial charge in [0.1, 0.15) is 17.5 Å². The Bertz CT molecular complexity index is 816. The first-order valence-corrected chi connectivity index (χ1v) is 7.56. The number of rotatable bonds is 5. The van der Waals surface area contributed by atoms with E-state index in [0.29, 0.717) is 22.8 Å². The summed E-state index contributed by atoms with van der Waals surface area (Å²) in [6.45, 7) is 0.730. The first-order chi connectivity index (χ1) is 11.9. The molecule has 1 aliphatic heterocycles. The van der Waals surface area contributed by atoms with Crippen molar-refractivity contribution in [2.75, 3.05) is 6.54 Å². The molecule has 0 saturated carbocycles. The lowest BCUT2D eigenvalue weighted by Crippen LogP contribution is -2.22. The van der Waals surface area contributed by atoms with Crippen molar-refractivity contribution in [3.8, 4) is 6.07 Å². The minimum atomic E-state index is 0.480. The zero-order chi connectivity index (χ0) is 16.6. The molecule has 0 radical (unpaired) electrons. The Hall–Kier alpha value is -3.46. The van der Waals surface area contributed by atoms with E-state index in [2.05, 4.69) is 31.7 Å². The molecule has 3 heterocycles. The second kappa shape index (κ2) is 7.70. The number of hydrogen-bond donors (Lipinski definition) is 2. The summed E-state index contributed by atoms with van der Waals surface area (Å²) in [7, 11) is 0. The molecule has 2 aromatic heterocycles. The molecule has 0 aliphatic carbocycles. The Morgan fingerprint density at radius 3 is 2.92 bits per heavy atom. The Kier molecular flexibility index (Phi) is 4.95. The van der Waals surface area contributed by atoms with Gasteiger partial charge in [0.2, 0.25) is 0 Å². The number of allylic oxidation sites excluding steroid dienone is 2. The summed E-state index contributed by atoms with van der Waals surface area (Å²) in [6.07, 6.45) is 9.51. The monoisotopic (exact) mass is 316 g/mol. The molecule has 0 unspecified atom stereocenters. The Morgan fingerprint density at radius 2 is 2.17 bits per heavy atom. The fourth-order valence-corrected chi connectivity index (χ4v) is 2.28. The van der Waals surface area contributed by atoms with E-state index < -0.39 is 0 Å². The summed E-state index contributed by atoms with van der Waals surface area (Å²) < 4.78 is 0. The normalized spacial score (nSPS) is 15.0. The Morgan fingerprint density at radius 1 is 1.21 bits per heavy atom. The summed E-state index contributed by atoms with van der Waals surface area (Å²) in [5, 5.41) is 15.7. The minimum absolute atomic E-state index is 0.480. The fourth-order valence-electron chi connectivity index (χ4n) is 2.28. The molecule has 1 aliphatic rings. The Balaban J connectivity index is 1.72. The molecule has 0 atom stereocenters. The van der Waals surface area contributed by atoms with E-state index in [1.54, 1.807) is 18.7 Å². The van der Waals surface area contributed by atoms with Gasteiger partial charge in [0, 0.05) is 31.2 Å². The summed E-state index contributed by atoms with van der Waals surface area (Å²) in [4.78, 5) is 12.6. The van der Waals surface area contributed by atoms with Gasteiger partial charge in [0.15, 0.2) is 0 Å². The van der Waals surface area contributed by atoms with Crippen LogP contribution in [0.25, 0.3) is 5.57 Å². The van der Waals surface area contributed by atoms with E-state index in [-0.39, 0.29) is 0 Å². The zero-order valence-corrected chi connectivity index (χ0v) is 13.0. The van der Waals surface area contributed by atoms with Crippen LogP contribution >= 0.6 is 0 Å². The van der Waals surface area contributed by atoms with Crippen LogP contribution in [-0.4, -0.2) is 22.9 Å². The third-order valence-electron chi connectivity index (χ3n) is 3.45. The smallest absolute Gasteiger partial charge is 0.129 e. The van der Waals surface area contributed by atoms with E-state index in [0.717, 1.165) is 18.5 Å². The lowest BCUT2D eigenvalue weighted by atomic mass is 10.1. The van der Waals surface area contributed by atoms with Crippen LogP contribution in [0, 0.1) is 11.3 Å². The highest BCUT2D eigenvalue weighted by atomic mass is 15.1. The molecule has 2 N–H and O–H groups in total. The molecule has 3 rings (SSSR count). The predicted octanol–water partition coefficient (Wildman–Crippen LogP) is 2.02. The number of nitriles is 1. The molecular weight excluding hydrogens is 300 g/mol. The highest BCUT2D eigenvalue weighted by Crippen LogP contribution is 2.17. The molecule has 118 valence electrons. The van der Waals surface area contributed by atoms with E-state index >= 15 is 0 Å². The molecule has 6 heteroatoms. The average molecular weight is 316 g/mol. The molecule has 0 bridgehead atoms. The molecule has 2 aromatic rings. The molecule has 0 saturated heterocycles. The van der Waals surface area contributed by atoms with Crippen molar-refractivity contribution in [1.29, 1.82) is 5.26 Å². The molecule has 24 heavy (non-hydrogen) atoms. The predicted molar refractivity (Wildman–Crippen MR) is 92.4 cm³/mol. The molecular formula is C18H16N6. The maximum Gasteiger partial charge on any atom is 0.129 e. The van der Waals surface area contributed by atoms with Gasteiger partial charge in [-0.2, -0.15) is 5.26 Å². The summed E-state index contributed by atoms with van der Waals surface area (Å²) in [5.74, 6) is 0.705. The van der Waals surface area contributed by atoms with Gasteiger partial charge in [-0.25, -0.2) is 4.99 Å². The van der Waals surface area contributed by atoms with E-state index in [1.807, 2.05) is 42.6 Å². The van der Waals surface area contributed by atoms with Crippen LogP contribution in [0.1, 0.15) is 11.3 Å². The van der Waals surface area contributed by atoms with Crippen molar-refractivity contribution in [2.24, 2.45) is 4.99 Å². The van der Waals surface area contributed by atoms with E-state index in [1.165, 1.54) is 0 Å². The van der Waals surface area contributed by atoms with Crippen molar-refractivity contribution in [3.63, 3.8) is 0 Å². The fraction of sp³-hybridized carbons (Fsp3) is 0.111. The van der Waals surface area contributed by atoms with Gasteiger partial charge in [0.25, 0.3) is 0 Å². The summed E-state index contributed by atoms with van der Waals surface area (Å²) in [5.41, 5.74) is 2.94. The summed E-state index contributed by atoms with van der Waals surface area (Å²) in [6, 6.07) is 11.6. The highest BCUT2D eigenvalue weighted by molar-refractivity contribution is 5.82. The number of pyridine rings is 2. The standard InChI is InChI=1S/C18H16N6/c19-11-15(16-5-1-2-8-21-16)17-10-18(24-13-23-17)22-9-6-14-4-3-7-20-12-14/h1-5,7-8,10,12-13,22H,6,9H2,(H,23,24)/b17-15-. The van der Waals surface area contributed by atoms with Crippen molar-refractivity contribution in [3.05, 3.63) is 77.8 Å². The van der Waals surface area contributed by atoms with Gasteiger partial charge in [-0.1, -0.05) is 12.1 Å². The quantitative estimate of drug-likeness (QED) is 0.824. The van der Waals surface area contributed by atoms with Crippen molar-refractivity contribution < 1.29 is 0 Å². The van der Waals surface area contributed by atoms with Crippen molar-refractivity contribution in [1.82, 2.24) is 20.6 Å². The van der Waals surface area contributed by atoms with Crippen LogP contribution in [0.5, 0.6) is 0 Å². The maximum absolute atomic E-state index is 9.45. The average Bonchev–Trinajstić information content (AvgIpc) is 2.65. The van der Waals surface area contributed by atoms with Crippen molar-refractivity contribution in [2.45, 2.75) is 6.42 Å². The van der Waals surface area contributed by atoms with Gasteiger partial charge in [-0.15, -0.1) is 0 Å². The van der Waals surface area contributed by atoms with E-state index in [4.69, 9.17) is 0 Å². The van der Waals surface area contributed by atoms with Gasteiger partial charge >= 0.3 is 0 Å². The van der Waals surface area contributed by atoms with Gasteiger partial charge < -0.3 is 10.6 Å². The summed E-state index contributed by atoms with van der Waals surface area (Å²) >= 11 is 0. The van der Waals surface area contributed by atoms with Gasteiger partial charge in [0.05, 0.1) is 17.7 Å². The maximum atomic E-state index is 9.45. The number of aliphatic imine (C=N–C) groups is 1. The molecule has 0 spiro atoms. The number of nitrogens with one attached hydrogen (secondary N) is 2. The van der Waals surface area contributed by atoms with Gasteiger partial charge in [-0.05, 0) is 30.2 Å². The number of nitrogens with zero attached hydrogens (tertiary/aromatic N) is 4. The minimum Gasteiger partial charge on any atom is -0.370 e. The van der Waals surface area contributed by atoms with Crippen LogP contribution in [0.3, 0.4) is 0 Å². The third-order valence-corrected chi connectivity index (χ3v) is 3.45. The van der Waals surface area contributed by atoms with Gasteiger partial charge in [-0.3, -0.25) is 9.97 Å². The van der Waals surface area contributed by atoms with Crippen LogP contribution in [0.15, 0.2) is 71.5 Å². The topological polar surface area (TPSA) is 86.0 Å². The zero-order valence-electron chi connectivity index (χ0n) is 13.0. The molecule has 6 nitrogen and oxygen atoms in total. The first-order valence-electron chi connectivity index (χ1n) is 7.56. The largest absolute Gasteiger partial charge is 0.370 e. The van der Waals surface area contributed by atoms with Crippen LogP contribution in [0.4, 0.5) is 0 Å². The third kappa shape index (κ3) is 3.84. The molecule has 0 fully saturated rings. The van der Waals surface area contributed by atoms with Crippen LogP contribution in [-0.2, 0) is 6.42 Å². The second-order valence-electron chi connectivity index (χ2n) is 5.09. The lowest BCUT2D eigenvalue weighted by Gasteiger charge is -2.14. The SMILES string of the molecule is N#C/C(=C1\C=C(NCCc2cccnc2)N=CN1)c1ccccn1. The Labute approximate surface area is 140 Å². The highest BCUT2D eigenvalue weighted by Gasteiger charge is 2.11. The lowest BCUT2D eigenvalue weighted by molar-refractivity contribution is 0.771.